The zero-order valence-corrected chi connectivity index (χ0v) is 12.0. The minimum atomic E-state index is 0.0918. The zero-order chi connectivity index (χ0) is 13.4. The highest BCUT2D eigenvalue weighted by molar-refractivity contribution is 7.10. The average molecular weight is 280 g/mol. The maximum Gasteiger partial charge on any atom is 0.224 e. The topological polar surface area (TPSA) is 71.2 Å². The van der Waals surface area contributed by atoms with Gasteiger partial charge in [-0.15, -0.1) is 0 Å². The van der Waals surface area contributed by atoms with E-state index in [9.17, 15) is 4.79 Å². The van der Waals surface area contributed by atoms with Crippen LogP contribution in [0.2, 0.25) is 0 Å². The number of piperidine rings is 1. The molecule has 2 heterocycles. The number of nitrogens with zero attached hydrogens (tertiary/aromatic N) is 2. The summed E-state index contributed by atoms with van der Waals surface area (Å²) in [7, 11) is 1.71. The van der Waals surface area contributed by atoms with Crippen LogP contribution < -0.4 is 16.0 Å². The number of aromatic nitrogens is 1. The summed E-state index contributed by atoms with van der Waals surface area (Å²) in [4.78, 5) is 14.1. The summed E-state index contributed by atoms with van der Waals surface area (Å²) in [5, 5.41) is 3.96. The highest BCUT2D eigenvalue weighted by Gasteiger charge is 2.34. The highest BCUT2D eigenvalue weighted by Crippen LogP contribution is 2.49. The van der Waals surface area contributed by atoms with Gasteiger partial charge in [0.25, 0.3) is 0 Å². The predicted octanol–water partition coefficient (Wildman–Crippen LogP) is 1.57. The van der Waals surface area contributed by atoms with Crippen molar-refractivity contribution in [2.24, 2.45) is 5.92 Å². The molecular formula is C13H20N4OS. The number of amides is 1. The van der Waals surface area contributed by atoms with E-state index in [1.807, 2.05) is 0 Å². The summed E-state index contributed by atoms with van der Waals surface area (Å²) in [6.07, 6.45) is 4.48. The highest BCUT2D eigenvalue weighted by atomic mass is 32.1. The first-order chi connectivity index (χ1) is 9.20. The van der Waals surface area contributed by atoms with Crippen LogP contribution in [-0.2, 0) is 4.79 Å². The minimum Gasteiger partial charge on any atom is -0.383 e. The summed E-state index contributed by atoms with van der Waals surface area (Å²) in [6, 6.07) is 0. The average Bonchev–Trinajstić information content (AvgIpc) is 3.20. The second-order valence-electron chi connectivity index (χ2n) is 5.46. The number of nitrogen functional groups attached to an aromatic ring is 1. The Hall–Kier alpha value is -1.30. The van der Waals surface area contributed by atoms with E-state index in [2.05, 4.69) is 14.6 Å². The Morgan fingerprint density at radius 2 is 2.26 bits per heavy atom. The number of hydrogen-bond donors (Lipinski definition) is 2. The van der Waals surface area contributed by atoms with E-state index in [4.69, 9.17) is 5.73 Å². The fraction of sp³-hybridized carbons (Fsp3) is 0.692. The van der Waals surface area contributed by atoms with Gasteiger partial charge in [-0.25, -0.2) is 0 Å². The van der Waals surface area contributed by atoms with Crippen molar-refractivity contribution in [3.63, 3.8) is 0 Å². The number of hydrogen-bond acceptors (Lipinski definition) is 5. The van der Waals surface area contributed by atoms with Gasteiger partial charge in [-0.2, -0.15) is 4.37 Å². The number of carbonyl (C=O) groups excluding carboxylic acids is 1. The molecule has 2 fully saturated rings. The van der Waals surface area contributed by atoms with Gasteiger partial charge in [-0.05, 0) is 43.1 Å². The molecular weight excluding hydrogens is 260 g/mol. The summed E-state index contributed by atoms with van der Waals surface area (Å²) < 4.78 is 4.32. The smallest absolute Gasteiger partial charge is 0.224 e. The Balaban J connectivity index is 1.80. The molecule has 1 unspecified atom stereocenters. The molecule has 1 aromatic heterocycles. The van der Waals surface area contributed by atoms with Crippen LogP contribution in [0.5, 0.6) is 0 Å². The summed E-state index contributed by atoms with van der Waals surface area (Å²) in [6.45, 7) is 1.80. The molecule has 104 valence electrons. The summed E-state index contributed by atoms with van der Waals surface area (Å²) in [5.74, 6) is 1.54. The van der Waals surface area contributed by atoms with E-state index < -0.39 is 0 Å². The Bertz CT molecular complexity index is 483. The lowest BCUT2D eigenvalue weighted by atomic mass is 9.97. The van der Waals surface area contributed by atoms with Crippen molar-refractivity contribution in [2.45, 2.75) is 31.6 Å². The van der Waals surface area contributed by atoms with Crippen molar-refractivity contribution >= 4 is 28.3 Å². The molecule has 3 N–H and O–H groups in total. The quantitative estimate of drug-likeness (QED) is 0.881. The van der Waals surface area contributed by atoms with Gasteiger partial charge < -0.3 is 16.0 Å². The molecule has 1 aliphatic carbocycles. The number of rotatable bonds is 3. The first kappa shape index (κ1) is 12.7. The molecule has 6 heteroatoms. The molecule has 1 aliphatic heterocycles. The molecule has 5 nitrogen and oxygen atoms in total. The monoisotopic (exact) mass is 280 g/mol. The molecule has 1 atom stereocenters. The Morgan fingerprint density at radius 1 is 1.47 bits per heavy atom. The Labute approximate surface area is 117 Å². The Morgan fingerprint density at radius 3 is 2.95 bits per heavy atom. The van der Waals surface area contributed by atoms with E-state index in [1.54, 1.807) is 7.05 Å². The lowest BCUT2D eigenvalue weighted by Gasteiger charge is -2.33. The third-order valence-electron chi connectivity index (χ3n) is 4.05. The van der Waals surface area contributed by atoms with Crippen molar-refractivity contribution in [3.05, 3.63) is 5.56 Å². The van der Waals surface area contributed by atoms with Gasteiger partial charge >= 0.3 is 0 Å². The number of nitrogens with two attached hydrogens (primary N) is 1. The van der Waals surface area contributed by atoms with Crippen LogP contribution in [0.4, 0.5) is 10.8 Å². The third-order valence-corrected chi connectivity index (χ3v) is 4.99. The van der Waals surface area contributed by atoms with Gasteiger partial charge in [0, 0.05) is 25.7 Å². The third kappa shape index (κ3) is 2.41. The number of anilines is 2. The largest absolute Gasteiger partial charge is 0.383 e. The molecule has 19 heavy (non-hydrogen) atoms. The van der Waals surface area contributed by atoms with Crippen molar-refractivity contribution < 1.29 is 4.79 Å². The normalized spacial score (nSPS) is 23.4. The lowest BCUT2D eigenvalue weighted by molar-refractivity contribution is -0.124. The van der Waals surface area contributed by atoms with Crippen LogP contribution in [0.25, 0.3) is 0 Å². The molecule has 1 saturated carbocycles. The molecule has 0 radical (unpaired) electrons. The van der Waals surface area contributed by atoms with Crippen LogP contribution in [0.3, 0.4) is 0 Å². The number of carbonyl (C=O) groups is 1. The van der Waals surface area contributed by atoms with Crippen molar-refractivity contribution in [2.75, 3.05) is 30.8 Å². The van der Waals surface area contributed by atoms with E-state index in [1.165, 1.54) is 34.9 Å². The van der Waals surface area contributed by atoms with Crippen LogP contribution >= 0.6 is 11.5 Å². The van der Waals surface area contributed by atoms with Gasteiger partial charge in [0.05, 0.1) is 5.92 Å². The zero-order valence-electron chi connectivity index (χ0n) is 11.2. The standard InChI is InChI=1S/C13H20N4OS/c1-15-12(18)9-3-2-6-17(7-9)13-10(8-4-5-8)11(14)16-19-13/h8-9H,2-7H2,1H3,(H2,14,16)(H,15,18). The van der Waals surface area contributed by atoms with Crippen LogP contribution in [0.15, 0.2) is 0 Å². The second-order valence-corrected chi connectivity index (χ2v) is 6.21. The van der Waals surface area contributed by atoms with Crippen LogP contribution in [-0.4, -0.2) is 30.4 Å². The number of nitrogens with one attached hydrogen (secondary N) is 1. The molecule has 1 saturated heterocycles. The lowest BCUT2D eigenvalue weighted by Crippen LogP contribution is -2.42. The van der Waals surface area contributed by atoms with Crippen molar-refractivity contribution in [3.8, 4) is 0 Å². The summed E-state index contributed by atoms with van der Waals surface area (Å²) >= 11 is 1.49. The first-order valence-corrected chi connectivity index (χ1v) is 7.69. The SMILES string of the molecule is CNC(=O)C1CCCN(c2snc(N)c2C2CC2)C1. The first-order valence-electron chi connectivity index (χ1n) is 6.92. The van der Waals surface area contributed by atoms with Gasteiger partial charge in [0.15, 0.2) is 0 Å². The predicted molar refractivity (Wildman–Crippen MR) is 77.5 cm³/mol. The van der Waals surface area contributed by atoms with Crippen molar-refractivity contribution in [1.82, 2.24) is 9.69 Å². The second kappa shape index (κ2) is 5.00. The molecule has 0 bridgehead atoms. The Kier molecular flexibility index (Phi) is 3.35. The van der Waals surface area contributed by atoms with Crippen LogP contribution in [0, 0.1) is 5.92 Å². The molecule has 1 aromatic rings. The molecule has 2 aliphatic rings. The van der Waals surface area contributed by atoms with E-state index in [0.717, 1.165) is 25.9 Å². The van der Waals surface area contributed by atoms with Gasteiger partial charge in [0.2, 0.25) is 5.91 Å². The van der Waals surface area contributed by atoms with E-state index in [-0.39, 0.29) is 11.8 Å². The van der Waals surface area contributed by atoms with Gasteiger partial charge in [-0.3, -0.25) is 4.79 Å². The summed E-state index contributed by atoms with van der Waals surface area (Å²) in [5.41, 5.74) is 7.24. The molecule has 1 amide bonds. The maximum atomic E-state index is 11.8. The van der Waals surface area contributed by atoms with E-state index >= 15 is 0 Å². The minimum absolute atomic E-state index is 0.0918. The van der Waals surface area contributed by atoms with Gasteiger partial charge in [-0.1, -0.05) is 0 Å². The molecule has 0 aromatic carbocycles. The molecule has 3 rings (SSSR count). The molecule has 0 spiro atoms. The fourth-order valence-electron chi connectivity index (χ4n) is 2.86. The van der Waals surface area contributed by atoms with Crippen molar-refractivity contribution in [1.29, 1.82) is 0 Å². The van der Waals surface area contributed by atoms with E-state index in [0.29, 0.717) is 11.7 Å². The fourth-order valence-corrected chi connectivity index (χ4v) is 3.80. The van der Waals surface area contributed by atoms with Gasteiger partial charge in [0.1, 0.15) is 10.8 Å². The van der Waals surface area contributed by atoms with Crippen LogP contribution in [0.1, 0.15) is 37.2 Å². The maximum absolute atomic E-state index is 11.8.